The zero-order chi connectivity index (χ0) is 23.3. The fourth-order valence-electron chi connectivity index (χ4n) is 3.02. The number of H-pyrrole nitrogens is 1. The second kappa shape index (κ2) is 9.54. The zero-order valence-corrected chi connectivity index (χ0v) is 18.8. The van der Waals surface area contributed by atoms with Gasteiger partial charge in [-0.15, -0.1) is 0 Å². The van der Waals surface area contributed by atoms with Gasteiger partial charge in [0.15, 0.2) is 0 Å². The van der Waals surface area contributed by atoms with Crippen LogP contribution in [0.2, 0.25) is 0 Å². The molecular weight excluding hydrogens is 412 g/mol. The molecule has 10 nitrogen and oxygen atoms in total. The van der Waals surface area contributed by atoms with Gasteiger partial charge in [-0.25, -0.2) is 14.6 Å². The Morgan fingerprint density at radius 2 is 1.91 bits per heavy atom. The lowest BCUT2D eigenvalue weighted by molar-refractivity contribution is 0.0503. The summed E-state index contributed by atoms with van der Waals surface area (Å²) in [6, 6.07) is 6.86. The van der Waals surface area contributed by atoms with E-state index in [0.717, 1.165) is 16.8 Å². The number of nitrogens with zero attached hydrogens (tertiary/aromatic N) is 3. The Labute approximate surface area is 186 Å². The van der Waals surface area contributed by atoms with Crippen LogP contribution < -0.4 is 10.6 Å². The highest BCUT2D eigenvalue weighted by Gasteiger charge is 2.23. The summed E-state index contributed by atoms with van der Waals surface area (Å²) < 4.78 is 11.7. The summed E-state index contributed by atoms with van der Waals surface area (Å²) in [5.41, 5.74) is 2.48. The number of aromatic amines is 1. The monoisotopic (exact) mass is 440 g/mol. The summed E-state index contributed by atoms with van der Waals surface area (Å²) in [5.74, 6) is 0.696. The molecule has 3 N–H and O–H groups in total. The highest BCUT2D eigenvalue weighted by molar-refractivity contribution is 5.84. The van der Waals surface area contributed by atoms with Gasteiger partial charge in [-0.1, -0.05) is 12.1 Å². The molecule has 1 atom stereocenters. The summed E-state index contributed by atoms with van der Waals surface area (Å²) >= 11 is 0. The Morgan fingerprint density at radius 1 is 1.19 bits per heavy atom. The van der Waals surface area contributed by atoms with Crippen molar-refractivity contribution in [2.45, 2.75) is 38.8 Å². The summed E-state index contributed by atoms with van der Waals surface area (Å²) in [6.45, 7) is 5.45. The quantitative estimate of drug-likeness (QED) is 0.536. The number of anilines is 1. The van der Waals surface area contributed by atoms with Gasteiger partial charge in [-0.05, 0) is 32.9 Å². The number of nitrogens with one attached hydrogen (secondary N) is 3. The number of alkyl carbamates (subject to hydrolysis) is 1. The Balaban J connectivity index is 1.73. The van der Waals surface area contributed by atoms with Crippen molar-refractivity contribution < 1.29 is 19.1 Å². The first kappa shape index (κ1) is 22.9. The number of aryl methyl sites for hydroxylation is 1. The molecule has 0 saturated carbocycles. The maximum Gasteiger partial charge on any atom is 0.411 e. The summed E-state index contributed by atoms with van der Waals surface area (Å²) in [4.78, 5) is 31.5. The molecule has 0 radical (unpaired) electrons. The lowest BCUT2D eigenvalue weighted by Gasteiger charge is -2.23. The number of ether oxygens (including phenoxy) is 2. The van der Waals surface area contributed by atoms with Gasteiger partial charge in [0.05, 0.1) is 25.0 Å². The van der Waals surface area contributed by atoms with E-state index in [1.165, 1.54) is 7.11 Å². The second-order valence-electron chi connectivity index (χ2n) is 8.28. The van der Waals surface area contributed by atoms with Crippen LogP contribution in [0.4, 0.5) is 15.3 Å². The van der Waals surface area contributed by atoms with E-state index in [1.807, 2.05) is 46.1 Å². The maximum absolute atomic E-state index is 12.4. The molecule has 0 aliphatic carbocycles. The molecule has 32 heavy (non-hydrogen) atoms. The number of carbonyl (C=O) groups excluding carboxylic acids is 2. The second-order valence-corrected chi connectivity index (χ2v) is 8.28. The van der Waals surface area contributed by atoms with Crippen LogP contribution in [0.15, 0.2) is 42.9 Å². The van der Waals surface area contributed by atoms with E-state index in [4.69, 9.17) is 4.74 Å². The molecule has 2 heterocycles. The van der Waals surface area contributed by atoms with Crippen LogP contribution in [0.1, 0.15) is 38.2 Å². The van der Waals surface area contributed by atoms with Crippen LogP contribution >= 0.6 is 0 Å². The maximum atomic E-state index is 12.4. The van der Waals surface area contributed by atoms with Gasteiger partial charge < -0.3 is 19.8 Å². The Bertz CT molecular complexity index is 1060. The Kier molecular flexibility index (Phi) is 6.82. The number of amides is 2. The minimum atomic E-state index is -0.601. The largest absolute Gasteiger partial charge is 0.453 e. The molecule has 0 fully saturated rings. The lowest BCUT2D eigenvalue weighted by Crippen LogP contribution is -2.35. The van der Waals surface area contributed by atoms with Gasteiger partial charge >= 0.3 is 12.2 Å². The van der Waals surface area contributed by atoms with Gasteiger partial charge in [0, 0.05) is 42.7 Å². The fourth-order valence-corrected chi connectivity index (χ4v) is 3.02. The Morgan fingerprint density at radius 3 is 2.50 bits per heavy atom. The van der Waals surface area contributed by atoms with E-state index in [-0.39, 0.29) is 6.04 Å². The molecule has 0 bridgehead atoms. The molecule has 10 heteroatoms. The highest BCUT2D eigenvalue weighted by Crippen LogP contribution is 2.23. The van der Waals surface area contributed by atoms with Crippen LogP contribution in [0.5, 0.6) is 0 Å². The molecule has 3 aromatic rings. The third-order valence-electron chi connectivity index (χ3n) is 4.46. The van der Waals surface area contributed by atoms with Crippen molar-refractivity contribution in [3.05, 3.63) is 54.2 Å². The van der Waals surface area contributed by atoms with E-state index >= 15 is 0 Å². The number of carbonyl (C=O) groups is 2. The van der Waals surface area contributed by atoms with Gasteiger partial charge in [-0.2, -0.15) is 5.10 Å². The number of benzene rings is 1. The lowest BCUT2D eigenvalue weighted by atomic mass is 10.1. The van der Waals surface area contributed by atoms with Crippen LogP contribution in [0, 0.1) is 0 Å². The van der Waals surface area contributed by atoms with Crippen LogP contribution in [-0.4, -0.2) is 44.6 Å². The van der Waals surface area contributed by atoms with Crippen molar-refractivity contribution >= 4 is 17.9 Å². The van der Waals surface area contributed by atoms with E-state index < -0.39 is 17.8 Å². The molecule has 0 aliphatic heterocycles. The van der Waals surface area contributed by atoms with Crippen molar-refractivity contribution in [1.29, 1.82) is 0 Å². The summed E-state index contributed by atoms with van der Waals surface area (Å²) in [7, 11) is 3.13. The van der Waals surface area contributed by atoms with E-state index in [2.05, 4.69) is 30.4 Å². The van der Waals surface area contributed by atoms with Crippen LogP contribution in [-0.2, 0) is 22.9 Å². The minimum absolute atomic E-state index is 0.371. The number of rotatable bonds is 6. The number of hydrogen-bond acceptors (Lipinski definition) is 6. The number of hydrogen-bond donors (Lipinski definition) is 3. The molecule has 0 saturated heterocycles. The fraction of sp³-hybridized carbons (Fsp3) is 0.364. The van der Waals surface area contributed by atoms with Crippen molar-refractivity contribution in [2.24, 2.45) is 7.05 Å². The normalized spacial score (nSPS) is 12.2. The first-order valence-corrected chi connectivity index (χ1v) is 10.1. The van der Waals surface area contributed by atoms with Gasteiger partial charge in [0.1, 0.15) is 11.4 Å². The topological polar surface area (TPSA) is 123 Å². The average Bonchev–Trinajstić information content (AvgIpc) is 3.35. The van der Waals surface area contributed by atoms with E-state index in [1.54, 1.807) is 29.2 Å². The molecule has 1 unspecified atom stereocenters. The Hall–Kier alpha value is -3.82. The van der Waals surface area contributed by atoms with Crippen LogP contribution in [0.25, 0.3) is 11.3 Å². The molecule has 170 valence electrons. The molecular formula is C22H28N6O4. The van der Waals surface area contributed by atoms with E-state index in [0.29, 0.717) is 17.9 Å². The third-order valence-corrected chi connectivity index (χ3v) is 4.46. The molecule has 0 spiro atoms. The SMILES string of the molecule is COC(=O)Nc1ccc(-c2c[nH]c(CC(NC(=O)OC(C)(C)C)c3cnn(C)c3)n2)cc1. The molecule has 3 rings (SSSR count). The molecule has 2 aromatic heterocycles. The minimum Gasteiger partial charge on any atom is -0.453 e. The number of imidazole rings is 1. The van der Waals surface area contributed by atoms with E-state index in [9.17, 15) is 9.59 Å². The van der Waals surface area contributed by atoms with Gasteiger partial charge in [0.25, 0.3) is 0 Å². The summed E-state index contributed by atoms with van der Waals surface area (Å²) in [5, 5.41) is 9.72. The van der Waals surface area contributed by atoms with Gasteiger partial charge in [0.2, 0.25) is 0 Å². The first-order chi connectivity index (χ1) is 15.1. The van der Waals surface area contributed by atoms with Crippen molar-refractivity contribution in [2.75, 3.05) is 12.4 Å². The first-order valence-electron chi connectivity index (χ1n) is 10.1. The standard InChI is InChI=1S/C22H28N6O4/c1-22(2,3)32-21(30)27-17(15-11-24-28(4)13-15)10-19-23-12-18(26-19)14-6-8-16(9-7-14)25-20(29)31-5/h6-9,11-13,17H,10H2,1-5H3,(H,23,26)(H,25,29)(H,27,30). The zero-order valence-electron chi connectivity index (χ0n) is 18.8. The van der Waals surface area contributed by atoms with Gasteiger partial charge in [-0.3, -0.25) is 10.00 Å². The number of aromatic nitrogens is 4. The average molecular weight is 441 g/mol. The number of methoxy groups -OCH3 is 1. The van der Waals surface area contributed by atoms with Crippen LogP contribution in [0.3, 0.4) is 0 Å². The van der Waals surface area contributed by atoms with Crippen molar-refractivity contribution in [1.82, 2.24) is 25.1 Å². The molecule has 0 aliphatic rings. The molecule has 2 amide bonds. The van der Waals surface area contributed by atoms with Crippen molar-refractivity contribution in [3.8, 4) is 11.3 Å². The third kappa shape index (κ3) is 6.34. The summed E-state index contributed by atoms with van der Waals surface area (Å²) in [6.07, 6.45) is 4.74. The highest BCUT2D eigenvalue weighted by atomic mass is 16.6. The van der Waals surface area contributed by atoms with Crippen molar-refractivity contribution in [3.63, 3.8) is 0 Å². The predicted octanol–water partition coefficient (Wildman–Crippen LogP) is 3.80. The smallest absolute Gasteiger partial charge is 0.411 e. The predicted molar refractivity (Wildman–Crippen MR) is 119 cm³/mol. The molecule has 1 aromatic carbocycles.